The van der Waals surface area contributed by atoms with Crippen molar-refractivity contribution in [1.82, 2.24) is 5.32 Å². The van der Waals surface area contributed by atoms with E-state index in [2.05, 4.69) is 24.1 Å². The predicted molar refractivity (Wildman–Crippen MR) is 71.4 cm³/mol. The summed E-state index contributed by atoms with van der Waals surface area (Å²) in [5.74, 6) is -0.173. The maximum atomic E-state index is 13.3. The van der Waals surface area contributed by atoms with Gasteiger partial charge in [0, 0.05) is 25.3 Å². The Balaban J connectivity index is 2.19. The first-order chi connectivity index (χ1) is 8.70. The van der Waals surface area contributed by atoms with E-state index in [1.807, 2.05) is 6.07 Å². The van der Waals surface area contributed by atoms with Crippen molar-refractivity contribution in [3.8, 4) is 0 Å². The summed E-state index contributed by atoms with van der Waals surface area (Å²) in [6.45, 7) is 8.18. The summed E-state index contributed by atoms with van der Waals surface area (Å²) in [5, 5.41) is 3.26. The van der Waals surface area contributed by atoms with Crippen LogP contribution in [-0.2, 0) is 11.3 Å². The maximum Gasteiger partial charge on any atom is 0.123 e. The third-order valence-corrected chi connectivity index (χ3v) is 3.19. The molecule has 1 unspecified atom stereocenters. The lowest BCUT2D eigenvalue weighted by Gasteiger charge is -2.34. The quantitative estimate of drug-likeness (QED) is 0.888. The molecule has 0 saturated carbocycles. The molecule has 1 atom stereocenters. The first-order valence-electron chi connectivity index (χ1n) is 6.56. The van der Waals surface area contributed by atoms with E-state index in [4.69, 9.17) is 4.74 Å². The second-order valence-electron chi connectivity index (χ2n) is 4.68. The lowest BCUT2D eigenvalue weighted by Crippen LogP contribution is -2.41. The first-order valence-corrected chi connectivity index (χ1v) is 6.56. The van der Waals surface area contributed by atoms with Crippen molar-refractivity contribution in [2.75, 3.05) is 31.1 Å². The van der Waals surface area contributed by atoms with Crippen molar-refractivity contribution in [2.24, 2.45) is 0 Å². The highest BCUT2D eigenvalue weighted by Crippen LogP contribution is 2.23. The van der Waals surface area contributed by atoms with Crippen LogP contribution in [0, 0.1) is 5.82 Å². The van der Waals surface area contributed by atoms with E-state index in [0.29, 0.717) is 6.54 Å². The molecule has 0 bridgehead atoms. The van der Waals surface area contributed by atoms with E-state index >= 15 is 0 Å². The van der Waals surface area contributed by atoms with Crippen LogP contribution < -0.4 is 10.2 Å². The summed E-state index contributed by atoms with van der Waals surface area (Å²) >= 11 is 0. The molecule has 100 valence electrons. The summed E-state index contributed by atoms with van der Waals surface area (Å²) < 4.78 is 18.9. The van der Waals surface area contributed by atoms with Crippen molar-refractivity contribution in [2.45, 2.75) is 26.5 Å². The Morgan fingerprint density at radius 1 is 1.50 bits per heavy atom. The summed E-state index contributed by atoms with van der Waals surface area (Å²) in [4.78, 5) is 2.28. The van der Waals surface area contributed by atoms with E-state index in [9.17, 15) is 4.39 Å². The number of anilines is 1. The number of rotatable bonds is 4. The molecule has 3 nitrogen and oxygen atoms in total. The molecule has 0 spiro atoms. The summed E-state index contributed by atoms with van der Waals surface area (Å²) in [6.07, 6.45) is 0.232. The Morgan fingerprint density at radius 3 is 3.06 bits per heavy atom. The Labute approximate surface area is 108 Å². The van der Waals surface area contributed by atoms with Gasteiger partial charge in [-0.05, 0) is 37.2 Å². The summed E-state index contributed by atoms with van der Waals surface area (Å²) in [6, 6.07) is 5.03. The lowest BCUT2D eigenvalue weighted by molar-refractivity contribution is 0.0531. The molecule has 1 aliphatic heterocycles. The molecule has 1 aromatic carbocycles. The van der Waals surface area contributed by atoms with E-state index in [0.717, 1.165) is 37.5 Å². The molecule has 1 heterocycles. The number of nitrogens with zero attached hydrogens (tertiary/aromatic N) is 1. The number of hydrogen-bond acceptors (Lipinski definition) is 3. The number of halogens is 1. The van der Waals surface area contributed by atoms with E-state index in [-0.39, 0.29) is 11.9 Å². The number of nitrogens with one attached hydrogen (secondary N) is 1. The standard InChI is InChI=1S/C14H21FN2O/c1-3-16-9-12-8-13(15)4-5-14(12)17-6-7-18-11(2)10-17/h4-5,8,11,16H,3,6-7,9-10H2,1-2H3. The van der Waals surface area contributed by atoms with E-state index in [1.165, 1.54) is 6.07 Å². The second-order valence-corrected chi connectivity index (χ2v) is 4.68. The van der Waals surface area contributed by atoms with Crippen LogP contribution in [0.3, 0.4) is 0 Å². The van der Waals surface area contributed by atoms with Gasteiger partial charge in [-0.15, -0.1) is 0 Å². The van der Waals surface area contributed by atoms with Crippen LogP contribution in [0.4, 0.5) is 10.1 Å². The second kappa shape index (κ2) is 6.16. The van der Waals surface area contributed by atoms with Crippen LogP contribution in [0.25, 0.3) is 0 Å². The number of hydrogen-bond donors (Lipinski definition) is 1. The third kappa shape index (κ3) is 3.21. The van der Waals surface area contributed by atoms with Gasteiger partial charge in [-0.2, -0.15) is 0 Å². The molecule has 1 aliphatic rings. The Morgan fingerprint density at radius 2 is 2.33 bits per heavy atom. The van der Waals surface area contributed by atoms with Crippen LogP contribution in [0.5, 0.6) is 0 Å². The molecule has 2 rings (SSSR count). The minimum absolute atomic E-state index is 0.173. The average Bonchev–Trinajstić information content (AvgIpc) is 2.36. The van der Waals surface area contributed by atoms with Crippen LogP contribution in [0.15, 0.2) is 18.2 Å². The smallest absolute Gasteiger partial charge is 0.123 e. The highest BCUT2D eigenvalue weighted by molar-refractivity contribution is 5.54. The van der Waals surface area contributed by atoms with Gasteiger partial charge in [-0.3, -0.25) is 0 Å². The molecule has 1 fully saturated rings. The lowest BCUT2D eigenvalue weighted by atomic mass is 10.1. The fraction of sp³-hybridized carbons (Fsp3) is 0.571. The van der Waals surface area contributed by atoms with Crippen LogP contribution in [0.2, 0.25) is 0 Å². The van der Waals surface area contributed by atoms with Gasteiger partial charge in [-0.1, -0.05) is 6.92 Å². The third-order valence-electron chi connectivity index (χ3n) is 3.19. The minimum atomic E-state index is -0.173. The van der Waals surface area contributed by atoms with Crippen LogP contribution in [0.1, 0.15) is 19.4 Å². The van der Waals surface area contributed by atoms with Gasteiger partial charge in [0.1, 0.15) is 5.82 Å². The SMILES string of the molecule is CCNCc1cc(F)ccc1N1CCOC(C)C1. The van der Waals surface area contributed by atoms with Crippen molar-refractivity contribution < 1.29 is 9.13 Å². The summed E-state index contributed by atoms with van der Waals surface area (Å²) in [7, 11) is 0. The fourth-order valence-electron chi connectivity index (χ4n) is 2.30. The molecule has 0 aromatic heterocycles. The van der Waals surface area contributed by atoms with Crippen molar-refractivity contribution >= 4 is 5.69 Å². The van der Waals surface area contributed by atoms with Crippen LogP contribution >= 0.6 is 0 Å². The van der Waals surface area contributed by atoms with E-state index < -0.39 is 0 Å². The van der Waals surface area contributed by atoms with Crippen LogP contribution in [-0.4, -0.2) is 32.3 Å². The molecule has 0 radical (unpaired) electrons. The number of morpholine rings is 1. The molecule has 18 heavy (non-hydrogen) atoms. The zero-order chi connectivity index (χ0) is 13.0. The van der Waals surface area contributed by atoms with Gasteiger partial charge in [0.15, 0.2) is 0 Å². The molecule has 1 N–H and O–H groups in total. The highest BCUT2D eigenvalue weighted by atomic mass is 19.1. The highest BCUT2D eigenvalue weighted by Gasteiger charge is 2.19. The molecule has 4 heteroatoms. The molecule has 1 saturated heterocycles. The summed E-state index contributed by atoms with van der Waals surface area (Å²) in [5.41, 5.74) is 2.14. The molecule has 1 aromatic rings. The first kappa shape index (κ1) is 13.3. The van der Waals surface area contributed by atoms with Gasteiger partial charge in [0.05, 0.1) is 12.7 Å². The predicted octanol–water partition coefficient (Wildman–Crippen LogP) is 2.16. The molecule has 0 aliphatic carbocycles. The minimum Gasteiger partial charge on any atom is -0.375 e. The topological polar surface area (TPSA) is 24.5 Å². The Hall–Kier alpha value is -1.13. The number of ether oxygens (including phenoxy) is 1. The van der Waals surface area contributed by atoms with E-state index in [1.54, 1.807) is 6.07 Å². The van der Waals surface area contributed by atoms with Gasteiger partial charge >= 0.3 is 0 Å². The van der Waals surface area contributed by atoms with Crippen molar-refractivity contribution in [3.63, 3.8) is 0 Å². The van der Waals surface area contributed by atoms with Crippen molar-refractivity contribution in [1.29, 1.82) is 0 Å². The van der Waals surface area contributed by atoms with Gasteiger partial charge in [-0.25, -0.2) is 4.39 Å². The monoisotopic (exact) mass is 252 g/mol. The van der Waals surface area contributed by atoms with Gasteiger partial charge < -0.3 is 15.0 Å². The Bertz CT molecular complexity index is 397. The maximum absolute atomic E-state index is 13.3. The Kier molecular flexibility index (Phi) is 4.55. The zero-order valence-electron chi connectivity index (χ0n) is 11.1. The largest absolute Gasteiger partial charge is 0.375 e. The fourth-order valence-corrected chi connectivity index (χ4v) is 2.30. The molecular weight excluding hydrogens is 231 g/mol. The van der Waals surface area contributed by atoms with Gasteiger partial charge in [0.2, 0.25) is 0 Å². The average molecular weight is 252 g/mol. The molecular formula is C14H21FN2O. The molecule has 0 amide bonds. The van der Waals surface area contributed by atoms with Crippen molar-refractivity contribution in [3.05, 3.63) is 29.6 Å². The zero-order valence-corrected chi connectivity index (χ0v) is 11.1. The number of benzene rings is 1. The normalized spacial score (nSPS) is 20.2. The van der Waals surface area contributed by atoms with Gasteiger partial charge in [0.25, 0.3) is 0 Å².